The normalized spacial score (nSPS) is 14.3. The molecule has 6 atom stereocenters. The molecule has 0 fully saturated rings. The van der Waals surface area contributed by atoms with E-state index < -0.39 is 76.5 Å². The van der Waals surface area contributed by atoms with Gasteiger partial charge in [0.15, 0.2) is 5.96 Å². The Morgan fingerprint density at radius 2 is 1.35 bits per heavy atom. The van der Waals surface area contributed by atoms with Crippen LogP contribution in [0.3, 0.4) is 0 Å². The van der Waals surface area contributed by atoms with E-state index in [9.17, 15) is 33.9 Å². The number of aromatic amines is 2. The average Bonchev–Trinajstić information content (AvgIpc) is 3.86. The fourth-order valence-electron chi connectivity index (χ4n) is 6.29. The molecule has 0 spiro atoms. The second-order valence-electron chi connectivity index (χ2n) is 15.0. The minimum absolute atomic E-state index is 0.00713. The number of imidazole rings is 1. The van der Waals surface area contributed by atoms with Crippen molar-refractivity contribution in [3.05, 3.63) is 90.1 Å². The number of carboxylic acids is 1. The van der Waals surface area contributed by atoms with Crippen LogP contribution in [-0.2, 0) is 48.0 Å². The van der Waals surface area contributed by atoms with Crippen LogP contribution in [0.1, 0.15) is 50.4 Å². The van der Waals surface area contributed by atoms with Crippen molar-refractivity contribution in [2.75, 3.05) is 6.54 Å². The Balaban J connectivity index is 1.66. The molecule has 0 unspecified atom stereocenters. The lowest BCUT2D eigenvalue weighted by atomic mass is 10.00. The van der Waals surface area contributed by atoms with Gasteiger partial charge in [-0.25, -0.2) is 9.78 Å². The quantitative estimate of drug-likeness (QED) is 0.0208. The Labute approximate surface area is 352 Å². The molecular formula is C40H54N12O7S. The van der Waals surface area contributed by atoms with Crippen LogP contribution in [0.5, 0.6) is 0 Å². The molecule has 4 rings (SSSR count). The number of H-pyrrole nitrogens is 2. The van der Waals surface area contributed by atoms with Crippen molar-refractivity contribution in [3.63, 3.8) is 0 Å². The molecule has 60 heavy (non-hydrogen) atoms. The molecule has 0 radical (unpaired) electrons. The zero-order chi connectivity index (χ0) is 44.0. The fourth-order valence-corrected chi connectivity index (χ4v) is 6.47. The largest absolute Gasteiger partial charge is 0.480 e. The molecule has 2 aromatic heterocycles. The number of carbonyl (C=O) groups is 6. The number of hydrogen-bond acceptors (Lipinski definition) is 10. The van der Waals surface area contributed by atoms with Gasteiger partial charge in [0.2, 0.25) is 29.5 Å². The summed E-state index contributed by atoms with van der Waals surface area (Å²) >= 11 is 4.38. The first kappa shape index (κ1) is 46.3. The van der Waals surface area contributed by atoms with Gasteiger partial charge in [0.1, 0.15) is 30.2 Å². The first-order valence-electron chi connectivity index (χ1n) is 19.3. The Morgan fingerprint density at radius 1 is 0.783 bits per heavy atom. The number of nitrogens with zero attached hydrogens (tertiary/aromatic N) is 2. The number of amides is 5. The number of benzene rings is 2. The maximum absolute atomic E-state index is 14.3. The van der Waals surface area contributed by atoms with Gasteiger partial charge in [-0.3, -0.25) is 29.0 Å². The van der Waals surface area contributed by atoms with Crippen LogP contribution in [0, 0.1) is 0 Å². The molecule has 20 heteroatoms. The molecule has 4 aromatic rings. The highest BCUT2D eigenvalue weighted by atomic mass is 32.1. The summed E-state index contributed by atoms with van der Waals surface area (Å²) in [6.07, 6.45) is 4.70. The van der Waals surface area contributed by atoms with E-state index in [1.807, 2.05) is 24.3 Å². The second kappa shape index (κ2) is 21.6. The Kier molecular flexibility index (Phi) is 16.6. The number of aromatic nitrogens is 3. The third-order valence-corrected chi connectivity index (χ3v) is 9.75. The van der Waals surface area contributed by atoms with Crippen LogP contribution in [0.25, 0.3) is 10.9 Å². The summed E-state index contributed by atoms with van der Waals surface area (Å²) in [5, 5.41) is 24.1. The van der Waals surface area contributed by atoms with Gasteiger partial charge in [-0.05, 0) is 50.8 Å². The molecule has 0 saturated heterocycles. The molecule has 0 aliphatic rings. The third kappa shape index (κ3) is 13.9. The van der Waals surface area contributed by atoms with E-state index in [0.717, 1.165) is 10.9 Å². The average molecular weight is 847 g/mol. The number of carboxylic acid groups (broad SMARTS) is 1. The van der Waals surface area contributed by atoms with E-state index in [0.29, 0.717) is 16.8 Å². The lowest BCUT2D eigenvalue weighted by Crippen LogP contribution is -2.61. The highest BCUT2D eigenvalue weighted by Gasteiger charge is 2.37. The second-order valence-corrected chi connectivity index (χ2v) is 16.1. The maximum Gasteiger partial charge on any atom is 0.327 e. The number of hydrogen-bond donors (Lipinski definition) is 12. The zero-order valence-electron chi connectivity index (χ0n) is 33.6. The van der Waals surface area contributed by atoms with Crippen molar-refractivity contribution in [2.45, 2.75) is 93.9 Å². The van der Waals surface area contributed by atoms with Gasteiger partial charge in [-0.1, -0.05) is 48.5 Å². The van der Waals surface area contributed by atoms with E-state index in [2.05, 4.69) is 59.2 Å². The van der Waals surface area contributed by atoms with E-state index >= 15 is 0 Å². The van der Waals surface area contributed by atoms with Gasteiger partial charge in [-0.15, -0.1) is 0 Å². The first-order valence-corrected chi connectivity index (χ1v) is 19.7. The SMILES string of the molecule is C[C@@H](N)C(=O)N[C@@H](Cc1cnc[nH]1)C(=O)N[C@H](Cc1ccccc1)C(=O)N[C@@H](CCCN=C(N)N)C(=O)N[C@@H](Cc1c[nH]c2ccccc12)C(=O)N[C@H](C(=O)O)C(C)(C)S. The van der Waals surface area contributed by atoms with Crippen LogP contribution in [0.15, 0.2) is 78.3 Å². The summed E-state index contributed by atoms with van der Waals surface area (Å²) in [5.41, 5.74) is 19.5. The summed E-state index contributed by atoms with van der Waals surface area (Å²) in [4.78, 5) is 95.4. The van der Waals surface area contributed by atoms with Crippen LogP contribution in [0.4, 0.5) is 0 Å². The monoisotopic (exact) mass is 846 g/mol. The van der Waals surface area contributed by atoms with Gasteiger partial charge >= 0.3 is 5.97 Å². The molecule has 0 aliphatic heterocycles. The lowest BCUT2D eigenvalue weighted by molar-refractivity contribution is -0.143. The molecule has 2 heterocycles. The molecule has 0 bridgehead atoms. The number of aliphatic carboxylic acids is 1. The number of fused-ring (bicyclic) bond motifs is 1. The standard InChI is InChI=1S/C40H54N12O7S/c1-22(41)33(53)49-31(18-25-20-44-21-47-25)36(56)50-29(16-23-10-5-4-6-11-23)35(55)48-28(14-9-15-45-39(42)43)34(54)51-30(37(57)52-32(38(58)59)40(2,3)60)17-24-19-46-27-13-8-7-12-26(24)27/h4-8,10-13,19-22,28-32,46,60H,9,14-18,41H2,1-3H3,(H,44,47)(H,48,55)(H,49,53)(H,50,56)(H,51,54)(H,52,57)(H,58,59)(H4,42,43,45)/t22-,28+,29-,30+,31+,32-/m1/s1. The molecule has 5 amide bonds. The Hall–Kier alpha value is -6.41. The van der Waals surface area contributed by atoms with Crippen molar-refractivity contribution >= 4 is 65.0 Å². The minimum Gasteiger partial charge on any atom is -0.480 e. The molecular weight excluding hydrogens is 793 g/mol. The summed E-state index contributed by atoms with van der Waals surface area (Å²) in [6.45, 7) is 4.62. The molecule has 0 aliphatic carbocycles. The van der Waals surface area contributed by atoms with Gasteiger partial charge in [0.05, 0.1) is 12.4 Å². The summed E-state index contributed by atoms with van der Waals surface area (Å²) in [5.74, 6) is -5.17. The van der Waals surface area contributed by atoms with Crippen LogP contribution < -0.4 is 43.8 Å². The molecule has 2 aromatic carbocycles. The first-order chi connectivity index (χ1) is 28.4. The lowest BCUT2D eigenvalue weighted by Gasteiger charge is -2.30. The number of carbonyl (C=O) groups excluding carboxylic acids is 5. The van der Waals surface area contributed by atoms with Crippen molar-refractivity contribution in [1.82, 2.24) is 41.5 Å². The summed E-state index contributed by atoms with van der Waals surface area (Å²) in [6, 6.07) is 8.69. The highest BCUT2D eigenvalue weighted by molar-refractivity contribution is 7.81. The smallest absolute Gasteiger partial charge is 0.327 e. The number of guanidine groups is 1. The summed E-state index contributed by atoms with van der Waals surface area (Å²) < 4.78 is -1.19. The number of rotatable bonds is 22. The molecule has 19 nitrogen and oxygen atoms in total. The van der Waals surface area contributed by atoms with Gasteiger partial charge in [0.25, 0.3) is 0 Å². The van der Waals surface area contributed by atoms with E-state index in [1.165, 1.54) is 33.3 Å². The number of nitrogens with one attached hydrogen (secondary N) is 7. The molecule has 322 valence electrons. The topological polar surface area (TPSA) is 318 Å². The third-order valence-electron chi connectivity index (χ3n) is 9.49. The van der Waals surface area contributed by atoms with Gasteiger partial charge in [0, 0.05) is 59.5 Å². The van der Waals surface area contributed by atoms with Crippen LogP contribution >= 0.6 is 12.6 Å². The number of para-hydroxylation sites is 1. The number of nitrogens with two attached hydrogens (primary N) is 3. The van der Waals surface area contributed by atoms with Crippen molar-refractivity contribution in [3.8, 4) is 0 Å². The number of aliphatic imine (C=N–C) groups is 1. The fraction of sp³-hybridized carbons (Fsp3) is 0.400. The summed E-state index contributed by atoms with van der Waals surface area (Å²) in [7, 11) is 0. The van der Waals surface area contributed by atoms with Crippen molar-refractivity contribution in [2.24, 2.45) is 22.2 Å². The van der Waals surface area contributed by atoms with E-state index in [1.54, 1.807) is 36.5 Å². The number of thiol groups is 1. The van der Waals surface area contributed by atoms with E-state index in [-0.39, 0.29) is 44.6 Å². The Bertz CT molecular complexity index is 2110. The van der Waals surface area contributed by atoms with Crippen molar-refractivity contribution < 1.29 is 33.9 Å². The minimum atomic E-state index is -1.44. The molecule has 14 N–H and O–H groups in total. The Morgan fingerprint density at radius 3 is 1.95 bits per heavy atom. The van der Waals surface area contributed by atoms with Crippen molar-refractivity contribution in [1.29, 1.82) is 0 Å². The highest BCUT2D eigenvalue weighted by Crippen LogP contribution is 2.21. The van der Waals surface area contributed by atoms with Crippen LogP contribution in [0.2, 0.25) is 0 Å². The molecule has 0 saturated carbocycles. The zero-order valence-corrected chi connectivity index (χ0v) is 34.5. The van der Waals surface area contributed by atoms with Gasteiger partial charge in [-0.2, -0.15) is 12.6 Å². The predicted molar refractivity (Wildman–Crippen MR) is 228 cm³/mol. The van der Waals surface area contributed by atoms with Crippen LogP contribution in [-0.4, -0.2) is 109 Å². The van der Waals surface area contributed by atoms with Gasteiger partial charge < -0.3 is 58.9 Å². The predicted octanol–water partition coefficient (Wildman–Crippen LogP) is -0.463. The van der Waals surface area contributed by atoms with E-state index in [4.69, 9.17) is 17.2 Å². The maximum atomic E-state index is 14.3.